The molecule has 24 heavy (non-hydrogen) atoms. The zero-order chi connectivity index (χ0) is 17.1. The predicted octanol–water partition coefficient (Wildman–Crippen LogP) is 4.03. The highest BCUT2D eigenvalue weighted by Gasteiger charge is 2.23. The summed E-state index contributed by atoms with van der Waals surface area (Å²) in [6.07, 6.45) is 0.714. The fourth-order valence-corrected chi connectivity index (χ4v) is 2.63. The fraction of sp³-hybridized carbons (Fsp3) is 0.278. The van der Waals surface area contributed by atoms with Crippen molar-refractivity contribution in [2.75, 3.05) is 18.1 Å². The Bertz CT molecular complexity index is 732. The Morgan fingerprint density at radius 3 is 2.67 bits per heavy atom. The highest BCUT2D eigenvalue weighted by atomic mass is 19.3. The molecule has 0 saturated heterocycles. The number of halogens is 2. The van der Waals surface area contributed by atoms with Gasteiger partial charge >= 0.3 is 6.61 Å². The maximum Gasteiger partial charge on any atom is 0.387 e. The van der Waals surface area contributed by atoms with E-state index >= 15 is 0 Å². The molecule has 1 amide bonds. The molecular weight excluding hydrogens is 316 g/mol. The molecule has 1 aliphatic heterocycles. The number of carbonyl (C=O) groups is 1. The van der Waals surface area contributed by atoms with E-state index in [1.807, 2.05) is 25.1 Å². The lowest BCUT2D eigenvalue weighted by molar-refractivity contribution is -0.0498. The number of anilines is 1. The van der Waals surface area contributed by atoms with Gasteiger partial charge in [0.1, 0.15) is 11.5 Å². The second kappa shape index (κ2) is 6.86. The standard InChI is InChI=1S/C18H17F2NO3/c1-12-3-8-16-15(11-12)21(9-2-10-23-16)17(22)13-4-6-14(7-5-13)24-18(19)20/h3-8,11,18H,2,9-10H2,1H3. The van der Waals surface area contributed by atoms with Crippen molar-refractivity contribution < 1.29 is 23.0 Å². The summed E-state index contributed by atoms with van der Waals surface area (Å²) < 4.78 is 34.4. The van der Waals surface area contributed by atoms with Crippen molar-refractivity contribution in [1.29, 1.82) is 0 Å². The van der Waals surface area contributed by atoms with Gasteiger partial charge in [-0.05, 0) is 55.3 Å². The van der Waals surface area contributed by atoms with Crippen LogP contribution in [0.3, 0.4) is 0 Å². The Morgan fingerprint density at radius 1 is 1.21 bits per heavy atom. The molecular formula is C18H17F2NO3. The van der Waals surface area contributed by atoms with Crippen molar-refractivity contribution in [1.82, 2.24) is 0 Å². The summed E-state index contributed by atoms with van der Waals surface area (Å²) in [6.45, 7) is 0.139. The van der Waals surface area contributed by atoms with Gasteiger partial charge in [0.25, 0.3) is 5.91 Å². The van der Waals surface area contributed by atoms with Crippen molar-refractivity contribution in [3.8, 4) is 11.5 Å². The zero-order valence-electron chi connectivity index (χ0n) is 13.2. The van der Waals surface area contributed by atoms with Crippen molar-refractivity contribution in [2.24, 2.45) is 0 Å². The fourth-order valence-electron chi connectivity index (χ4n) is 2.63. The molecule has 2 aromatic carbocycles. The van der Waals surface area contributed by atoms with E-state index in [4.69, 9.17) is 4.74 Å². The van der Waals surface area contributed by atoms with E-state index in [9.17, 15) is 13.6 Å². The second-order valence-electron chi connectivity index (χ2n) is 5.53. The van der Waals surface area contributed by atoms with E-state index in [1.165, 1.54) is 24.3 Å². The summed E-state index contributed by atoms with van der Waals surface area (Å²) in [4.78, 5) is 14.5. The minimum Gasteiger partial charge on any atom is -0.491 e. The Morgan fingerprint density at radius 2 is 1.96 bits per heavy atom. The zero-order valence-corrected chi connectivity index (χ0v) is 13.2. The molecule has 0 atom stereocenters. The summed E-state index contributed by atoms with van der Waals surface area (Å²) >= 11 is 0. The molecule has 0 unspecified atom stereocenters. The van der Waals surface area contributed by atoms with Crippen LogP contribution in [0, 0.1) is 6.92 Å². The number of carbonyl (C=O) groups excluding carboxylic acids is 1. The van der Waals surface area contributed by atoms with E-state index in [1.54, 1.807) is 4.90 Å². The van der Waals surface area contributed by atoms with Gasteiger partial charge in [0.05, 0.1) is 12.3 Å². The van der Waals surface area contributed by atoms with E-state index < -0.39 is 6.61 Å². The molecule has 0 fully saturated rings. The topological polar surface area (TPSA) is 38.8 Å². The van der Waals surface area contributed by atoms with Crippen molar-refractivity contribution >= 4 is 11.6 Å². The minimum absolute atomic E-state index is 0.0250. The van der Waals surface area contributed by atoms with Gasteiger partial charge in [-0.2, -0.15) is 8.78 Å². The minimum atomic E-state index is -2.89. The monoisotopic (exact) mass is 333 g/mol. The van der Waals surface area contributed by atoms with Crippen molar-refractivity contribution in [2.45, 2.75) is 20.0 Å². The molecule has 3 rings (SSSR count). The quantitative estimate of drug-likeness (QED) is 0.851. The second-order valence-corrected chi connectivity index (χ2v) is 5.53. The Balaban J connectivity index is 1.88. The number of hydrogen-bond donors (Lipinski definition) is 0. The van der Waals surface area contributed by atoms with Gasteiger partial charge in [-0.15, -0.1) is 0 Å². The van der Waals surface area contributed by atoms with E-state index in [0.717, 1.165) is 11.3 Å². The average Bonchev–Trinajstić information content (AvgIpc) is 2.76. The highest BCUT2D eigenvalue weighted by molar-refractivity contribution is 6.07. The summed E-state index contributed by atoms with van der Waals surface area (Å²) in [5, 5.41) is 0. The molecule has 0 aliphatic carbocycles. The molecule has 0 bridgehead atoms. The molecule has 0 saturated carbocycles. The first-order valence-corrected chi connectivity index (χ1v) is 7.65. The van der Waals surface area contributed by atoms with Crippen molar-refractivity contribution in [3.05, 3.63) is 53.6 Å². The predicted molar refractivity (Wildman–Crippen MR) is 86.0 cm³/mol. The van der Waals surface area contributed by atoms with Crippen LogP contribution < -0.4 is 14.4 Å². The van der Waals surface area contributed by atoms with Crippen LogP contribution in [0.25, 0.3) is 0 Å². The smallest absolute Gasteiger partial charge is 0.387 e. The lowest BCUT2D eigenvalue weighted by Crippen LogP contribution is -2.31. The van der Waals surface area contributed by atoms with Gasteiger partial charge < -0.3 is 14.4 Å². The number of benzene rings is 2. The summed E-state index contributed by atoms with van der Waals surface area (Å²) in [7, 11) is 0. The van der Waals surface area contributed by atoms with Gasteiger partial charge in [-0.25, -0.2) is 0 Å². The maximum absolute atomic E-state index is 12.8. The SMILES string of the molecule is Cc1ccc2c(c1)N(C(=O)c1ccc(OC(F)F)cc1)CCCO2. The molecule has 0 aromatic heterocycles. The summed E-state index contributed by atoms with van der Waals surface area (Å²) in [5.74, 6) is 0.497. The third kappa shape index (κ3) is 3.48. The van der Waals surface area contributed by atoms with Crippen LogP contribution in [-0.2, 0) is 0 Å². The first-order valence-electron chi connectivity index (χ1n) is 7.65. The summed E-state index contributed by atoms with van der Waals surface area (Å²) in [5.41, 5.74) is 2.16. The van der Waals surface area contributed by atoms with E-state index in [2.05, 4.69) is 4.74 Å². The van der Waals surface area contributed by atoms with Crippen LogP contribution in [0.15, 0.2) is 42.5 Å². The number of aryl methyl sites for hydroxylation is 1. The third-order valence-corrected chi connectivity index (χ3v) is 3.76. The largest absolute Gasteiger partial charge is 0.491 e. The van der Waals surface area contributed by atoms with E-state index in [-0.39, 0.29) is 11.7 Å². The first-order chi connectivity index (χ1) is 11.5. The molecule has 0 N–H and O–H groups in total. The van der Waals surface area contributed by atoms with Crippen molar-refractivity contribution in [3.63, 3.8) is 0 Å². The molecule has 6 heteroatoms. The number of nitrogens with zero attached hydrogens (tertiary/aromatic N) is 1. The van der Waals surface area contributed by atoms with Gasteiger partial charge in [0.15, 0.2) is 0 Å². The maximum atomic E-state index is 12.8. The molecule has 0 spiro atoms. The van der Waals surface area contributed by atoms with Gasteiger partial charge in [-0.3, -0.25) is 4.79 Å². The Kier molecular flexibility index (Phi) is 4.64. The Labute approximate surface area is 138 Å². The highest BCUT2D eigenvalue weighted by Crippen LogP contribution is 2.33. The van der Waals surface area contributed by atoms with Crippen LogP contribution in [0.5, 0.6) is 11.5 Å². The molecule has 126 valence electrons. The van der Waals surface area contributed by atoms with Crippen LogP contribution in [-0.4, -0.2) is 25.7 Å². The molecule has 2 aromatic rings. The normalized spacial score (nSPS) is 13.9. The molecule has 0 radical (unpaired) electrons. The number of amides is 1. The lowest BCUT2D eigenvalue weighted by atomic mass is 10.1. The van der Waals surface area contributed by atoms with Crippen LogP contribution in [0.1, 0.15) is 22.3 Å². The summed E-state index contributed by atoms with van der Waals surface area (Å²) in [6, 6.07) is 11.4. The average molecular weight is 333 g/mol. The van der Waals surface area contributed by atoms with E-state index in [0.29, 0.717) is 30.9 Å². The number of hydrogen-bond acceptors (Lipinski definition) is 3. The molecule has 1 aliphatic rings. The van der Waals surface area contributed by atoms with Gasteiger partial charge in [-0.1, -0.05) is 6.07 Å². The first kappa shape index (κ1) is 16.2. The number of rotatable bonds is 3. The third-order valence-electron chi connectivity index (χ3n) is 3.76. The molecule has 1 heterocycles. The van der Waals surface area contributed by atoms with Crippen LogP contribution in [0.4, 0.5) is 14.5 Å². The van der Waals surface area contributed by atoms with Crippen LogP contribution >= 0.6 is 0 Å². The van der Waals surface area contributed by atoms with Gasteiger partial charge in [0.2, 0.25) is 0 Å². The Hall–Kier alpha value is -2.63. The number of ether oxygens (including phenoxy) is 2. The van der Waals surface area contributed by atoms with Gasteiger partial charge in [0, 0.05) is 12.1 Å². The van der Waals surface area contributed by atoms with Crippen LogP contribution in [0.2, 0.25) is 0 Å². The number of alkyl halides is 2. The number of fused-ring (bicyclic) bond motifs is 1. The lowest BCUT2D eigenvalue weighted by Gasteiger charge is -2.22. The molecule has 4 nitrogen and oxygen atoms in total.